The largest absolute Gasteiger partial charge is 0.0991 e. The summed E-state index contributed by atoms with van der Waals surface area (Å²) in [5, 5.41) is 0. The molecule has 0 unspecified atom stereocenters. The van der Waals surface area contributed by atoms with Gasteiger partial charge in [0, 0.05) is 0 Å². The molecular weight excluding hydrogens is 204 g/mol. The van der Waals surface area contributed by atoms with E-state index in [2.05, 4.69) is 55.1 Å². The Balaban J connectivity index is 2.17. The third-order valence-electron chi connectivity index (χ3n) is 3.30. The first kappa shape index (κ1) is 10.1. The SMILES string of the molecule is C=CC=Cc1cccc2c1Cc1ccccc1-2. The molecule has 0 atom stereocenters. The van der Waals surface area contributed by atoms with Crippen LogP contribution in [0.4, 0.5) is 0 Å². The van der Waals surface area contributed by atoms with Crippen LogP contribution in [0.25, 0.3) is 17.2 Å². The molecule has 0 saturated heterocycles. The molecule has 0 heteroatoms. The van der Waals surface area contributed by atoms with Crippen molar-refractivity contribution in [3.8, 4) is 11.1 Å². The van der Waals surface area contributed by atoms with E-state index >= 15 is 0 Å². The zero-order valence-corrected chi connectivity index (χ0v) is 9.69. The van der Waals surface area contributed by atoms with E-state index in [1.165, 1.54) is 27.8 Å². The Bertz CT molecular complexity index is 603. The summed E-state index contributed by atoms with van der Waals surface area (Å²) in [4.78, 5) is 0. The Morgan fingerprint density at radius 3 is 2.65 bits per heavy atom. The van der Waals surface area contributed by atoms with E-state index in [4.69, 9.17) is 0 Å². The molecule has 0 aromatic heterocycles. The van der Waals surface area contributed by atoms with Crippen LogP contribution in [0, 0.1) is 0 Å². The number of hydrogen-bond donors (Lipinski definition) is 0. The Kier molecular flexibility index (Phi) is 2.41. The van der Waals surface area contributed by atoms with E-state index in [9.17, 15) is 0 Å². The Labute approximate surface area is 102 Å². The average molecular weight is 218 g/mol. The molecule has 1 aliphatic rings. The molecule has 1 aliphatic carbocycles. The lowest BCUT2D eigenvalue weighted by molar-refractivity contribution is 1.25. The standard InChI is InChI=1S/C17H14/c1-2-3-7-13-9-6-11-16-15-10-5-4-8-14(15)12-17(13)16/h2-11H,1,12H2. The van der Waals surface area contributed by atoms with Gasteiger partial charge in [-0.3, -0.25) is 0 Å². The molecule has 0 heterocycles. The zero-order chi connectivity index (χ0) is 11.7. The molecule has 0 fully saturated rings. The molecule has 0 aliphatic heterocycles. The van der Waals surface area contributed by atoms with Crippen LogP contribution >= 0.6 is 0 Å². The van der Waals surface area contributed by atoms with Crippen molar-refractivity contribution in [3.05, 3.63) is 77.9 Å². The quantitative estimate of drug-likeness (QED) is 0.557. The van der Waals surface area contributed by atoms with Gasteiger partial charge in [-0.15, -0.1) is 0 Å². The van der Waals surface area contributed by atoms with Gasteiger partial charge < -0.3 is 0 Å². The summed E-state index contributed by atoms with van der Waals surface area (Å²) in [7, 11) is 0. The molecule has 0 amide bonds. The van der Waals surface area contributed by atoms with Gasteiger partial charge in [0.25, 0.3) is 0 Å². The third-order valence-corrected chi connectivity index (χ3v) is 3.30. The lowest BCUT2D eigenvalue weighted by atomic mass is 10.0. The molecule has 0 bridgehead atoms. The molecule has 0 N–H and O–H groups in total. The first-order valence-corrected chi connectivity index (χ1v) is 5.89. The van der Waals surface area contributed by atoms with Crippen LogP contribution in [-0.4, -0.2) is 0 Å². The molecule has 17 heavy (non-hydrogen) atoms. The highest BCUT2D eigenvalue weighted by Crippen LogP contribution is 2.38. The van der Waals surface area contributed by atoms with Crippen LogP contribution in [-0.2, 0) is 6.42 Å². The highest BCUT2D eigenvalue weighted by molar-refractivity contribution is 5.80. The minimum Gasteiger partial charge on any atom is -0.0991 e. The summed E-state index contributed by atoms with van der Waals surface area (Å²) in [6, 6.07) is 15.2. The molecule has 0 spiro atoms. The van der Waals surface area contributed by atoms with E-state index in [0.29, 0.717) is 0 Å². The maximum atomic E-state index is 3.72. The lowest BCUT2D eigenvalue weighted by Crippen LogP contribution is -1.85. The smallest absolute Gasteiger partial charge is 0.000751 e. The molecule has 2 aromatic rings. The van der Waals surface area contributed by atoms with E-state index in [-0.39, 0.29) is 0 Å². The Morgan fingerprint density at radius 2 is 1.76 bits per heavy atom. The highest BCUT2D eigenvalue weighted by atomic mass is 14.2. The molecule has 0 nitrogen and oxygen atoms in total. The van der Waals surface area contributed by atoms with Gasteiger partial charge in [0.1, 0.15) is 0 Å². The number of benzene rings is 2. The van der Waals surface area contributed by atoms with Crippen LogP contribution in [0.3, 0.4) is 0 Å². The minimum absolute atomic E-state index is 1.04. The van der Waals surface area contributed by atoms with Crippen molar-refractivity contribution in [1.29, 1.82) is 0 Å². The summed E-state index contributed by atoms with van der Waals surface area (Å²) < 4.78 is 0. The summed E-state index contributed by atoms with van der Waals surface area (Å²) in [6.07, 6.45) is 7.00. The predicted molar refractivity (Wildman–Crippen MR) is 73.9 cm³/mol. The van der Waals surface area contributed by atoms with Crippen LogP contribution in [0.15, 0.2) is 61.2 Å². The number of hydrogen-bond acceptors (Lipinski definition) is 0. The molecule has 82 valence electrons. The van der Waals surface area contributed by atoms with Crippen molar-refractivity contribution in [1.82, 2.24) is 0 Å². The lowest BCUT2D eigenvalue weighted by Gasteiger charge is -2.03. The van der Waals surface area contributed by atoms with Gasteiger partial charge in [-0.05, 0) is 34.2 Å². The van der Waals surface area contributed by atoms with Gasteiger partial charge in [-0.25, -0.2) is 0 Å². The number of fused-ring (bicyclic) bond motifs is 3. The summed E-state index contributed by atoms with van der Waals surface area (Å²) in [6.45, 7) is 3.72. The maximum absolute atomic E-state index is 3.72. The van der Waals surface area contributed by atoms with Crippen molar-refractivity contribution in [2.75, 3.05) is 0 Å². The van der Waals surface area contributed by atoms with Gasteiger partial charge in [-0.1, -0.05) is 67.3 Å². The van der Waals surface area contributed by atoms with Crippen LogP contribution in [0.2, 0.25) is 0 Å². The van der Waals surface area contributed by atoms with Gasteiger partial charge in [0.2, 0.25) is 0 Å². The molecule has 3 rings (SSSR count). The van der Waals surface area contributed by atoms with Gasteiger partial charge in [-0.2, -0.15) is 0 Å². The highest BCUT2D eigenvalue weighted by Gasteiger charge is 2.18. The van der Waals surface area contributed by atoms with Crippen LogP contribution in [0.1, 0.15) is 16.7 Å². The van der Waals surface area contributed by atoms with Crippen LogP contribution in [0.5, 0.6) is 0 Å². The minimum atomic E-state index is 1.04. The second kappa shape index (κ2) is 4.06. The molecule has 0 saturated carbocycles. The van der Waals surface area contributed by atoms with Gasteiger partial charge in [0.05, 0.1) is 0 Å². The maximum Gasteiger partial charge on any atom is -0.000751 e. The van der Waals surface area contributed by atoms with Crippen molar-refractivity contribution in [2.24, 2.45) is 0 Å². The Morgan fingerprint density at radius 1 is 0.941 bits per heavy atom. The third kappa shape index (κ3) is 1.62. The fourth-order valence-electron chi connectivity index (χ4n) is 2.51. The van der Waals surface area contributed by atoms with Gasteiger partial charge >= 0.3 is 0 Å². The van der Waals surface area contributed by atoms with E-state index < -0.39 is 0 Å². The summed E-state index contributed by atoms with van der Waals surface area (Å²) in [5.41, 5.74) is 6.94. The van der Waals surface area contributed by atoms with Crippen molar-refractivity contribution < 1.29 is 0 Å². The number of allylic oxidation sites excluding steroid dienone is 2. The summed E-state index contributed by atoms with van der Waals surface area (Å²) >= 11 is 0. The van der Waals surface area contributed by atoms with Crippen molar-refractivity contribution in [2.45, 2.75) is 6.42 Å². The fourth-order valence-corrected chi connectivity index (χ4v) is 2.51. The van der Waals surface area contributed by atoms with Gasteiger partial charge in [0.15, 0.2) is 0 Å². The first-order chi connectivity index (χ1) is 8.40. The number of rotatable bonds is 2. The average Bonchev–Trinajstić information content (AvgIpc) is 2.75. The normalized spacial score (nSPS) is 12.5. The monoisotopic (exact) mass is 218 g/mol. The van der Waals surface area contributed by atoms with E-state index in [1.54, 1.807) is 0 Å². The fraction of sp³-hybridized carbons (Fsp3) is 0.0588. The van der Waals surface area contributed by atoms with Crippen molar-refractivity contribution >= 4 is 6.08 Å². The van der Waals surface area contributed by atoms with E-state index in [0.717, 1.165) is 6.42 Å². The topological polar surface area (TPSA) is 0 Å². The summed E-state index contributed by atoms with van der Waals surface area (Å²) in [5.74, 6) is 0. The second-order valence-electron chi connectivity index (χ2n) is 4.30. The van der Waals surface area contributed by atoms with Crippen LogP contribution < -0.4 is 0 Å². The first-order valence-electron chi connectivity index (χ1n) is 5.89. The Hall–Kier alpha value is -2.08. The predicted octanol–water partition coefficient (Wildman–Crippen LogP) is 4.46. The zero-order valence-electron chi connectivity index (χ0n) is 9.69. The van der Waals surface area contributed by atoms with Crippen molar-refractivity contribution in [3.63, 3.8) is 0 Å². The molecular formula is C17H14. The second-order valence-corrected chi connectivity index (χ2v) is 4.30. The molecule has 0 radical (unpaired) electrons. The molecule has 2 aromatic carbocycles. The van der Waals surface area contributed by atoms with E-state index in [1.807, 2.05) is 12.2 Å².